The zero-order valence-corrected chi connectivity index (χ0v) is 21.6. The minimum atomic E-state index is -0.754. The molecule has 4 aromatic rings. The van der Waals surface area contributed by atoms with Crippen molar-refractivity contribution in [1.82, 2.24) is 15.3 Å². The standard InChI is InChI=1S/C28H20FN5O4S/c1-13-10-16(12-31-25(13)29)18-11-15(8-9-19(18)36-3)22-21-14(2)34(33-30)28(39)32-26(21)38-24-17-6-4-5-7-20(17)37-27(35)23(22)24/h4-12,22,30H,2H2,1,3H3,(H,32,39). The molecule has 6 rings (SSSR count). The molecule has 1 unspecified atom stereocenters. The number of aromatic nitrogens is 1. The number of nitrogens with zero attached hydrogens (tertiary/aromatic N) is 3. The van der Waals surface area contributed by atoms with Gasteiger partial charge in [0.2, 0.25) is 16.9 Å². The van der Waals surface area contributed by atoms with Crippen LogP contribution in [0.2, 0.25) is 0 Å². The van der Waals surface area contributed by atoms with Gasteiger partial charge in [0.25, 0.3) is 0 Å². The summed E-state index contributed by atoms with van der Waals surface area (Å²) in [4.78, 5) is 17.4. The van der Waals surface area contributed by atoms with E-state index in [9.17, 15) is 9.18 Å². The molecule has 2 aliphatic rings. The first-order valence-electron chi connectivity index (χ1n) is 11.8. The highest BCUT2D eigenvalue weighted by Crippen LogP contribution is 2.49. The molecule has 0 aliphatic carbocycles. The van der Waals surface area contributed by atoms with Crippen molar-refractivity contribution in [3.63, 3.8) is 0 Å². The molecule has 0 bridgehead atoms. The van der Waals surface area contributed by atoms with E-state index < -0.39 is 17.5 Å². The Labute approximate surface area is 226 Å². The molecule has 2 aromatic carbocycles. The average Bonchev–Trinajstić information content (AvgIpc) is 2.93. The summed E-state index contributed by atoms with van der Waals surface area (Å²) in [5.74, 6) is -0.193. The smallest absolute Gasteiger partial charge is 0.344 e. The van der Waals surface area contributed by atoms with E-state index >= 15 is 0 Å². The molecule has 4 heterocycles. The minimum absolute atomic E-state index is 0.103. The topological polar surface area (TPSA) is 113 Å². The lowest BCUT2D eigenvalue weighted by Crippen LogP contribution is -2.45. The number of allylic oxidation sites excluding steroid dienone is 1. The van der Waals surface area contributed by atoms with E-state index in [0.717, 1.165) is 5.01 Å². The summed E-state index contributed by atoms with van der Waals surface area (Å²) in [6, 6.07) is 14.2. The molecule has 0 fully saturated rings. The number of para-hydroxylation sites is 1. The average molecular weight is 542 g/mol. The lowest BCUT2D eigenvalue weighted by atomic mass is 9.80. The second-order valence-electron chi connectivity index (χ2n) is 8.99. The highest BCUT2D eigenvalue weighted by Gasteiger charge is 2.42. The number of nitrogens with one attached hydrogen (secondary N) is 2. The maximum atomic E-state index is 14.0. The van der Waals surface area contributed by atoms with Crippen LogP contribution in [-0.4, -0.2) is 22.2 Å². The van der Waals surface area contributed by atoms with Crippen molar-refractivity contribution in [1.29, 1.82) is 5.53 Å². The quantitative estimate of drug-likeness (QED) is 0.147. The number of hydrogen-bond donors (Lipinski definition) is 2. The van der Waals surface area contributed by atoms with Crippen molar-refractivity contribution in [3.8, 4) is 22.6 Å². The number of ether oxygens (including phenoxy) is 2. The lowest BCUT2D eigenvalue weighted by Gasteiger charge is -2.37. The van der Waals surface area contributed by atoms with Crippen molar-refractivity contribution in [2.24, 2.45) is 5.22 Å². The van der Waals surface area contributed by atoms with Gasteiger partial charge in [0.1, 0.15) is 11.3 Å². The molecule has 2 aromatic heterocycles. The van der Waals surface area contributed by atoms with Crippen molar-refractivity contribution in [2.75, 3.05) is 7.11 Å². The highest BCUT2D eigenvalue weighted by atomic mass is 32.1. The Balaban J connectivity index is 1.65. The molecule has 11 heteroatoms. The molecular weight excluding hydrogens is 521 g/mol. The summed E-state index contributed by atoms with van der Waals surface area (Å²) >= 11 is 5.38. The third-order valence-electron chi connectivity index (χ3n) is 6.79. The molecular formula is C28H20FN5O4S. The van der Waals surface area contributed by atoms with E-state index in [2.05, 4.69) is 22.1 Å². The molecule has 1 atom stereocenters. The number of rotatable bonds is 4. The van der Waals surface area contributed by atoms with Crippen molar-refractivity contribution in [3.05, 3.63) is 112 Å². The van der Waals surface area contributed by atoms with Gasteiger partial charge in [0, 0.05) is 22.9 Å². The Morgan fingerprint density at radius 3 is 2.79 bits per heavy atom. The van der Waals surface area contributed by atoms with Gasteiger partial charge < -0.3 is 19.2 Å². The van der Waals surface area contributed by atoms with Gasteiger partial charge in [-0.3, -0.25) is 0 Å². The molecule has 0 saturated heterocycles. The first-order chi connectivity index (χ1) is 18.8. The fourth-order valence-corrected chi connectivity index (χ4v) is 5.22. The number of thiocarbonyl (C=S) groups is 1. The van der Waals surface area contributed by atoms with Gasteiger partial charge in [-0.25, -0.2) is 9.78 Å². The first kappa shape index (κ1) is 24.4. The van der Waals surface area contributed by atoms with Crippen LogP contribution in [-0.2, 0) is 0 Å². The van der Waals surface area contributed by atoms with Crippen LogP contribution in [0.4, 0.5) is 4.39 Å². The summed E-state index contributed by atoms with van der Waals surface area (Å²) < 4.78 is 31.5. The Morgan fingerprint density at radius 2 is 2.05 bits per heavy atom. The van der Waals surface area contributed by atoms with Crippen molar-refractivity contribution in [2.45, 2.75) is 12.8 Å². The van der Waals surface area contributed by atoms with Gasteiger partial charge in [0.05, 0.1) is 35.2 Å². The predicted molar refractivity (Wildman–Crippen MR) is 145 cm³/mol. The molecule has 39 heavy (non-hydrogen) atoms. The van der Waals surface area contributed by atoms with Crippen LogP contribution in [0.15, 0.2) is 92.9 Å². The van der Waals surface area contributed by atoms with E-state index in [4.69, 9.17) is 31.6 Å². The van der Waals surface area contributed by atoms with E-state index in [1.54, 1.807) is 37.3 Å². The number of pyridine rings is 1. The van der Waals surface area contributed by atoms with Gasteiger partial charge in [0.15, 0.2) is 5.75 Å². The second-order valence-corrected chi connectivity index (χ2v) is 9.37. The number of methoxy groups -OCH3 is 1. The molecule has 0 spiro atoms. The molecule has 9 nitrogen and oxygen atoms in total. The van der Waals surface area contributed by atoms with Gasteiger partial charge in [-0.05, 0) is 55.0 Å². The number of halogens is 1. The normalized spacial score (nSPS) is 16.4. The van der Waals surface area contributed by atoms with Gasteiger partial charge in [-0.1, -0.05) is 30.0 Å². The first-order valence-corrected chi connectivity index (χ1v) is 12.2. The molecule has 0 amide bonds. The zero-order valence-electron chi connectivity index (χ0n) is 20.7. The molecule has 2 aliphatic heterocycles. The monoisotopic (exact) mass is 541 g/mol. The summed E-state index contributed by atoms with van der Waals surface area (Å²) in [5, 5.41) is 8.33. The van der Waals surface area contributed by atoms with Crippen LogP contribution in [0.5, 0.6) is 11.5 Å². The Hall–Kier alpha value is -4.90. The van der Waals surface area contributed by atoms with Crippen molar-refractivity contribution >= 4 is 28.3 Å². The number of fused-ring (bicyclic) bond motifs is 3. The number of benzene rings is 2. The summed E-state index contributed by atoms with van der Waals surface area (Å²) in [7, 11) is 1.54. The molecule has 194 valence electrons. The Kier molecular flexibility index (Phi) is 5.72. The summed E-state index contributed by atoms with van der Waals surface area (Å²) in [6.45, 7) is 5.74. The van der Waals surface area contributed by atoms with Crippen molar-refractivity contribution < 1.29 is 18.3 Å². The maximum Gasteiger partial charge on any atom is 0.344 e. The highest BCUT2D eigenvalue weighted by molar-refractivity contribution is 7.80. The number of aryl methyl sites for hydroxylation is 1. The summed E-state index contributed by atoms with van der Waals surface area (Å²) in [6.07, 6.45) is 1.43. The third kappa shape index (κ3) is 3.77. The SMILES string of the molecule is C=C1C2=C(NC(=S)N1N=N)Oc1c(c(=O)oc3ccccc13)C2c1ccc(OC)c(-c2cnc(F)c(C)c2)c1. The predicted octanol–water partition coefficient (Wildman–Crippen LogP) is 5.70. The largest absolute Gasteiger partial charge is 0.496 e. The van der Waals surface area contributed by atoms with Crippen LogP contribution < -0.4 is 20.4 Å². The van der Waals surface area contributed by atoms with Gasteiger partial charge in [-0.15, -0.1) is 0 Å². The second kappa shape index (κ2) is 9.14. The zero-order chi connectivity index (χ0) is 27.4. The fraction of sp³-hybridized carbons (Fsp3) is 0.107. The van der Waals surface area contributed by atoms with Gasteiger partial charge in [-0.2, -0.15) is 14.9 Å². The van der Waals surface area contributed by atoms with E-state index in [1.165, 1.54) is 13.3 Å². The maximum absolute atomic E-state index is 14.0. The van der Waals surface area contributed by atoms with E-state index in [1.807, 2.05) is 18.2 Å². The van der Waals surface area contributed by atoms with Gasteiger partial charge >= 0.3 is 5.63 Å². The molecule has 2 N–H and O–H groups in total. The Bertz CT molecular complexity index is 1830. The van der Waals surface area contributed by atoms with Crippen LogP contribution in [0.1, 0.15) is 22.6 Å². The minimum Gasteiger partial charge on any atom is -0.496 e. The number of hydrogen-bond acceptors (Lipinski definition) is 8. The molecule has 0 saturated carbocycles. The summed E-state index contributed by atoms with van der Waals surface area (Å²) in [5.41, 5.74) is 10.7. The van der Waals surface area contributed by atoms with Crippen LogP contribution in [0.3, 0.4) is 0 Å². The van der Waals surface area contributed by atoms with Crippen LogP contribution >= 0.6 is 12.2 Å². The fourth-order valence-electron chi connectivity index (χ4n) is 4.98. The molecule has 0 radical (unpaired) electrons. The Morgan fingerprint density at radius 1 is 1.26 bits per heavy atom. The van der Waals surface area contributed by atoms with E-state index in [-0.39, 0.29) is 22.3 Å². The van der Waals surface area contributed by atoms with E-state index in [0.29, 0.717) is 50.3 Å². The van der Waals surface area contributed by atoms with Crippen LogP contribution in [0.25, 0.3) is 22.1 Å². The lowest BCUT2D eigenvalue weighted by molar-refractivity contribution is 0.342. The third-order valence-corrected chi connectivity index (χ3v) is 7.06. The van der Waals surface area contributed by atoms with Crippen LogP contribution in [0, 0.1) is 18.4 Å².